The number of nitrogens with zero attached hydrogens (tertiary/aromatic N) is 1. The lowest BCUT2D eigenvalue weighted by Crippen LogP contribution is -2.29. The van der Waals surface area contributed by atoms with E-state index in [2.05, 4.69) is 24.3 Å². The second kappa shape index (κ2) is 7.14. The molecule has 1 heterocycles. The van der Waals surface area contributed by atoms with Gasteiger partial charge in [0.15, 0.2) is 6.29 Å². The summed E-state index contributed by atoms with van der Waals surface area (Å²) in [6.07, 6.45) is 1.81. The predicted molar refractivity (Wildman–Crippen MR) is 66.7 cm³/mol. The van der Waals surface area contributed by atoms with Gasteiger partial charge in [0, 0.05) is 12.6 Å². The highest BCUT2D eigenvalue weighted by Crippen LogP contribution is 2.02. The van der Waals surface area contributed by atoms with Crippen LogP contribution in [0.25, 0.3) is 0 Å². The van der Waals surface area contributed by atoms with Crippen molar-refractivity contribution in [3.05, 3.63) is 35.6 Å². The van der Waals surface area contributed by atoms with Crippen molar-refractivity contribution in [2.75, 3.05) is 27.2 Å². The van der Waals surface area contributed by atoms with Crippen LogP contribution in [-0.2, 0) is 0 Å². The van der Waals surface area contributed by atoms with Gasteiger partial charge in [-0.1, -0.05) is 12.1 Å². The number of halogens is 1. The maximum atomic E-state index is 12.4. The quantitative estimate of drug-likeness (QED) is 0.793. The van der Waals surface area contributed by atoms with Gasteiger partial charge in [-0.2, -0.15) is 0 Å². The molecule has 0 saturated carbocycles. The topological polar surface area (TPSA) is 32.3 Å². The fourth-order valence-electron chi connectivity index (χ4n) is 1.65. The van der Waals surface area contributed by atoms with E-state index in [-0.39, 0.29) is 5.56 Å². The molecular weight excluding hydrogens is 219 g/mol. The highest BCUT2D eigenvalue weighted by Gasteiger charge is 2.14. The molecular formula is C13H19FN2O. The monoisotopic (exact) mass is 238 g/mol. The number of aldehydes is 1. The molecule has 1 aliphatic heterocycles. The Labute approximate surface area is 102 Å². The summed E-state index contributed by atoms with van der Waals surface area (Å²) in [4.78, 5) is 12.3. The van der Waals surface area contributed by atoms with Crippen LogP contribution in [0, 0.1) is 5.82 Å². The van der Waals surface area contributed by atoms with Crippen LogP contribution in [0.1, 0.15) is 16.8 Å². The third-order valence-electron chi connectivity index (χ3n) is 2.80. The summed E-state index contributed by atoms with van der Waals surface area (Å²) in [5.41, 5.74) is 0.109. The number of nitrogens with one attached hydrogen (secondary N) is 1. The lowest BCUT2D eigenvalue weighted by molar-refractivity contribution is 0.112. The first-order valence-electron chi connectivity index (χ1n) is 5.72. The molecule has 0 bridgehead atoms. The summed E-state index contributed by atoms with van der Waals surface area (Å²) in [5.74, 6) is -0.465. The Balaban J connectivity index is 0.000000171. The third kappa shape index (κ3) is 4.63. The summed E-state index contributed by atoms with van der Waals surface area (Å²) in [5, 5.41) is 3.31. The smallest absolute Gasteiger partial charge is 0.152 e. The molecule has 1 N–H and O–H groups in total. The highest BCUT2D eigenvalue weighted by molar-refractivity contribution is 5.74. The normalized spacial score (nSPS) is 18.7. The molecule has 0 amide bonds. The van der Waals surface area contributed by atoms with E-state index in [1.54, 1.807) is 12.1 Å². The van der Waals surface area contributed by atoms with Gasteiger partial charge in [0.1, 0.15) is 5.82 Å². The maximum absolute atomic E-state index is 12.4. The van der Waals surface area contributed by atoms with Crippen molar-refractivity contribution in [3.63, 3.8) is 0 Å². The molecule has 17 heavy (non-hydrogen) atoms. The average molecular weight is 238 g/mol. The maximum Gasteiger partial charge on any atom is 0.152 e. The van der Waals surface area contributed by atoms with Gasteiger partial charge in [-0.05, 0) is 39.2 Å². The first-order valence-corrected chi connectivity index (χ1v) is 5.72. The predicted octanol–water partition coefficient (Wildman–Crippen LogP) is 1.55. The fourth-order valence-corrected chi connectivity index (χ4v) is 1.65. The van der Waals surface area contributed by atoms with E-state index in [4.69, 9.17) is 0 Å². The number of carbonyl (C=O) groups is 1. The molecule has 0 aliphatic carbocycles. The number of hydrogen-bond donors (Lipinski definition) is 1. The number of carbonyl (C=O) groups excluding carboxylic acids is 1. The Morgan fingerprint density at radius 1 is 1.41 bits per heavy atom. The molecule has 1 aromatic carbocycles. The van der Waals surface area contributed by atoms with E-state index in [1.165, 1.54) is 31.6 Å². The van der Waals surface area contributed by atoms with Gasteiger partial charge in [-0.25, -0.2) is 4.39 Å². The Hall–Kier alpha value is -1.26. The molecule has 1 aromatic rings. The number of likely N-dealkylation sites (N-methyl/N-ethyl adjacent to an activating group) is 1. The standard InChI is InChI=1S/C7H5FO.C6H14N2/c8-7-4-2-1-3-6(7)5-9;1-8(2)6-3-4-7-5-6/h1-5H;6-7H,3-5H2,1-2H3. The van der Waals surface area contributed by atoms with Crippen molar-refractivity contribution in [2.24, 2.45) is 0 Å². The van der Waals surface area contributed by atoms with Gasteiger partial charge < -0.3 is 10.2 Å². The summed E-state index contributed by atoms with van der Waals surface area (Å²) in [6.45, 7) is 2.37. The molecule has 94 valence electrons. The van der Waals surface area contributed by atoms with E-state index in [9.17, 15) is 9.18 Å². The number of rotatable bonds is 2. The molecule has 0 aromatic heterocycles. The zero-order valence-corrected chi connectivity index (χ0v) is 10.3. The van der Waals surface area contributed by atoms with Crippen molar-refractivity contribution in [2.45, 2.75) is 12.5 Å². The molecule has 4 heteroatoms. The van der Waals surface area contributed by atoms with Crippen LogP contribution >= 0.6 is 0 Å². The summed E-state index contributed by atoms with van der Waals surface area (Å²) >= 11 is 0. The molecule has 0 radical (unpaired) electrons. The van der Waals surface area contributed by atoms with E-state index >= 15 is 0 Å². The van der Waals surface area contributed by atoms with Crippen molar-refractivity contribution in [1.82, 2.24) is 10.2 Å². The first kappa shape index (κ1) is 13.8. The van der Waals surface area contributed by atoms with Crippen molar-refractivity contribution < 1.29 is 9.18 Å². The lowest BCUT2D eigenvalue weighted by Gasteiger charge is -2.16. The summed E-state index contributed by atoms with van der Waals surface area (Å²) < 4.78 is 12.4. The fraction of sp³-hybridized carbons (Fsp3) is 0.462. The molecule has 1 fully saturated rings. The Bertz CT molecular complexity index is 349. The zero-order valence-electron chi connectivity index (χ0n) is 10.3. The number of benzene rings is 1. The summed E-state index contributed by atoms with van der Waals surface area (Å²) in [7, 11) is 4.27. The molecule has 1 unspecified atom stereocenters. The minimum atomic E-state index is -0.465. The molecule has 1 saturated heterocycles. The third-order valence-corrected chi connectivity index (χ3v) is 2.80. The van der Waals surface area contributed by atoms with Crippen molar-refractivity contribution in [3.8, 4) is 0 Å². The van der Waals surface area contributed by atoms with Crippen LogP contribution in [0.5, 0.6) is 0 Å². The van der Waals surface area contributed by atoms with Gasteiger partial charge in [0.25, 0.3) is 0 Å². The van der Waals surface area contributed by atoms with E-state index in [1.807, 2.05) is 0 Å². The first-order chi connectivity index (χ1) is 8.15. The molecule has 0 spiro atoms. The SMILES string of the molecule is CN(C)C1CCNC1.O=Cc1ccccc1F. The van der Waals surface area contributed by atoms with Crippen LogP contribution in [0.2, 0.25) is 0 Å². The Morgan fingerprint density at radius 2 is 2.12 bits per heavy atom. The second-order valence-electron chi connectivity index (χ2n) is 4.25. The van der Waals surface area contributed by atoms with Crippen molar-refractivity contribution >= 4 is 6.29 Å². The van der Waals surface area contributed by atoms with Crippen LogP contribution in [0.15, 0.2) is 24.3 Å². The van der Waals surface area contributed by atoms with Gasteiger partial charge in [-0.3, -0.25) is 4.79 Å². The molecule has 1 aliphatic rings. The van der Waals surface area contributed by atoms with Crippen LogP contribution in [0.3, 0.4) is 0 Å². The van der Waals surface area contributed by atoms with E-state index in [0.29, 0.717) is 6.29 Å². The minimum absolute atomic E-state index is 0.109. The van der Waals surface area contributed by atoms with Gasteiger partial charge in [0.05, 0.1) is 5.56 Å². The highest BCUT2D eigenvalue weighted by atomic mass is 19.1. The van der Waals surface area contributed by atoms with Crippen LogP contribution < -0.4 is 5.32 Å². The zero-order chi connectivity index (χ0) is 12.7. The molecule has 3 nitrogen and oxygen atoms in total. The Kier molecular flexibility index (Phi) is 5.80. The largest absolute Gasteiger partial charge is 0.315 e. The van der Waals surface area contributed by atoms with Gasteiger partial charge in [0.2, 0.25) is 0 Å². The van der Waals surface area contributed by atoms with E-state index in [0.717, 1.165) is 6.04 Å². The van der Waals surface area contributed by atoms with Crippen LogP contribution in [0.4, 0.5) is 4.39 Å². The lowest BCUT2D eigenvalue weighted by atomic mass is 10.2. The second-order valence-corrected chi connectivity index (χ2v) is 4.25. The van der Waals surface area contributed by atoms with E-state index < -0.39 is 5.82 Å². The van der Waals surface area contributed by atoms with Gasteiger partial charge in [-0.15, -0.1) is 0 Å². The average Bonchev–Trinajstić information content (AvgIpc) is 2.84. The molecule has 1 atom stereocenters. The van der Waals surface area contributed by atoms with Crippen LogP contribution in [-0.4, -0.2) is 44.4 Å². The number of hydrogen-bond acceptors (Lipinski definition) is 3. The van der Waals surface area contributed by atoms with Gasteiger partial charge >= 0.3 is 0 Å². The Morgan fingerprint density at radius 3 is 2.47 bits per heavy atom. The minimum Gasteiger partial charge on any atom is -0.315 e. The summed E-state index contributed by atoms with van der Waals surface area (Å²) in [6, 6.07) is 6.64. The van der Waals surface area contributed by atoms with Crippen molar-refractivity contribution in [1.29, 1.82) is 0 Å². The molecule has 2 rings (SSSR count).